The van der Waals surface area contributed by atoms with Gasteiger partial charge in [-0.15, -0.1) is 0 Å². The predicted molar refractivity (Wildman–Crippen MR) is 121 cm³/mol. The molecule has 0 bridgehead atoms. The molecule has 0 spiro atoms. The van der Waals surface area contributed by atoms with Crippen LogP contribution in [0.2, 0.25) is 10.0 Å². The summed E-state index contributed by atoms with van der Waals surface area (Å²) < 4.78 is 1.60. The highest BCUT2D eigenvalue weighted by Crippen LogP contribution is 2.44. The fraction of sp³-hybridized carbons (Fsp3) is 0.125. The number of carbonyl (C=O) groups is 2. The summed E-state index contributed by atoms with van der Waals surface area (Å²) in [5, 5.41) is 20.1. The Morgan fingerprint density at radius 1 is 1.03 bits per heavy atom. The van der Waals surface area contributed by atoms with Crippen molar-refractivity contribution >= 4 is 40.5 Å². The van der Waals surface area contributed by atoms with Gasteiger partial charge in [-0.2, -0.15) is 0 Å². The molecule has 2 aromatic carbocycles. The van der Waals surface area contributed by atoms with Crippen LogP contribution in [0.4, 0.5) is 0 Å². The molecular weight excluding hydrogens is 451 g/mol. The molecule has 0 saturated heterocycles. The SMILES string of the molecule is O=C(O)c1ccc(-c2nc(C(=O)c3c(Cl)cccc3C3CC3)n3cccc(Cl)c23)cc1O. The van der Waals surface area contributed by atoms with Gasteiger partial charge in [0, 0.05) is 17.3 Å². The number of carboxylic acids is 1. The minimum absolute atomic E-state index is 0.134. The Balaban J connectivity index is 1.72. The van der Waals surface area contributed by atoms with Crippen LogP contribution in [0.3, 0.4) is 0 Å². The lowest BCUT2D eigenvalue weighted by Gasteiger charge is -2.09. The Labute approximate surface area is 192 Å². The molecule has 0 radical (unpaired) electrons. The Bertz CT molecular complexity index is 1420. The van der Waals surface area contributed by atoms with Gasteiger partial charge in [0.05, 0.1) is 21.3 Å². The minimum Gasteiger partial charge on any atom is -0.507 e. The average molecular weight is 467 g/mol. The Morgan fingerprint density at radius 2 is 1.78 bits per heavy atom. The van der Waals surface area contributed by atoms with Gasteiger partial charge in [0.15, 0.2) is 5.82 Å². The van der Waals surface area contributed by atoms with Crippen molar-refractivity contribution in [2.45, 2.75) is 18.8 Å². The van der Waals surface area contributed by atoms with Gasteiger partial charge in [-0.3, -0.25) is 9.20 Å². The number of imidazole rings is 1. The highest BCUT2D eigenvalue weighted by molar-refractivity contribution is 6.36. The second-order valence-electron chi connectivity index (χ2n) is 7.70. The summed E-state index contributed by atoms with van der Waals surface area (Å²) >= 11 is 12.9. The van der Waals surface area contributed by atoms with Crippen molar-refractivity contribution in [1.29, 1.82) is 0 Å². The lowest BCUT2D eigenvalue weighted by molar-refractivity contribution is 0.0693. The largest absolute Gasteiger partial charge is 0.507 e. The van der Waals surface area contributed by atoms with E-state index in [0.717, 1.165) is 18.4 Å². The monoisotopic (exact) mass is 466 g/mol. The van der Waals surface area contributed by atoms with Gasteiger partial charge in [0.25, 0.3) is 0 Å². The Kier molecular flexibility index (Phi) is 4.92. The molecule has 8 heteroatoms. The number of hydrogen-bond donors (Lipinski definition) is 2. The molecule has 2 heterocycles. The summed E-state index contributed by atoms with van der Waals surface area (Å²) in [6.45, 7) is 0. The van der Waals surface area contributed by atoms with Crippen molar-refractivity contribution in [3.05, 3.63) is 87.3 Å². The van der Waals surface area contributed by atoms with Gasteiger partial charge in [-0.25, -0.2) is 9.78 Å². The minimum atomic E-state index is -1.25. The number of fused-ring (bicyclic) bond motifs is 1. The van der Waals surface area contributed by atoms with Gasteiger partial charge in [-0.05, 0) is 54.7 Å². The summed E-state index contributed by atoms with van der Waals surface area (Å²) in [7, 11) is 0. The second kappa shape index (κ2) is 7.65. The molecule has 32 heavy (non-hydrogen) atoms. The number of ketones is 1. The number of carbonyl (C=O) groups excluding carboxylic acids is 1. The maximum Gasteiger partial charge on any atom is 0.339 e. The molecule has 160 valence electrons. The van der Waals surface area contributed by atoms with Gasteiger partial charge in [0.1, 0.15) is 11.3 Å². The quantitative estimate of drug-likeness (QED) is 0.361. The normalized spacial score (nSPS) is 13.4. The topological polar surface area (TPSA) is 91.9 Å². The molecule has 1 aliphatic carbocycles. The number of benzene rings is 2. The van der Waals surface area contributed by atoms with Crippen LogP contribution in [0.1, 0.15) is 50.9 Å². The van der Waals surface area contributed by atoms with E-state index >= 15 is 0 Å². The van der Waals surface area contributed by atoms with E-state index in [2.05, 4.69) is 4.98 Å². The van der Waals surface area contributed by atoms with E-state index in [4.69, 9.17) is 23.2 Å². The van der Waals surface area contributed by atoms with E-state index in [9.17, 15) is 19.8 Å². The molecule has 0 atom stereocenters. The summed E-state index contributed by atoms with van der Waals surface area (Å²) in [5.74, 6) is -1.54. The number of rotatable bonds is 5. The van der Waals surface area contributed by atoms with Gasteiger partial charge >= 0.3 is 5.97 Å². The van der Waals surface area contributed by atoms with Crippen molar-refractivity contribution in [2.24, 2.45) is 0 Å². The van der Waals surface area contributed by atoms with Crippen LogP contribution >= 0.6 is 23.2 Å². The zero-order valence-electron chi connectivity index (χ0n) is 16.5. The molecule has 2 aromatic heterocycles. The highest BCUT2D eigenvalue weighted by Gasteiger charge is 2.32. The third-order valence-corrected chi connectivity index (χ3v) is 6.23. The zero-order chi connectivity index (χ0) is 22.6. The van der Waals surface area contributed by atoms with E-state index in [1.54, 1.807) is 28.8 Å². The predicted octanol–water partition coefficient (Wildman–Crippen LogP) is 5.82. The Hall–Kier alpha value is -3.35. The summed E-state index contributed by atoms with van der Waals surface area (Å²) in [4.78, 5) is 29.5. The van der Waals surface area contributed by atoms with Gasteiger partial charge < -0.3 is 10.2 Å². The summed E-state index contributed by atoms with van der Waals surface area (Å²) in [5.41, 5.74) is 2.36. The van der Waals surface area contributed by atoms with Gasteiger partial charge in [0.2, 0.25) is 5.78 Å². The van der Waals surface area contributed by atoms with E-state index in [1.165, 1.54) is 18.2 Å². The molecule has 4 aromatic rings. The first-order valence-electron chi connectivity index (χ1n) is 9.93. The maximum atomic E-state index is 13.7. The van der Waals surface area contributed by atoms with E-state index in [0.29, 0.717) is 38.3 Å². The number of pyridine rings is 1. The average Bonchev–Trinajstić information content (AvgIpc) is 3.53. The number of aromatic nitrogens is 2. The molecule has 1 saturated carbocycles. The van der Waals surface area contributed by atoms with Crippen molar-refractivity contribution in [1.82, 2.24) is 9.38 Å². The van der Waals surface area contributed by atoms with Crippen LogP contribution in [-0.4, -0.2) is 31.4 Å². The molecule has 5 rings (SSSR count). The van der Waals surface area contributed by atoms with Crippen LogP contribution in [0.5, 0.6) is 5.75 Å². The third kappa shape index (κ3) is 3.32. The number of nitrogens with zero attached hydrogens (tertiary/aromatic N) is 2. The van der Waals surface area contributed by atoms with Gasteiger partial charge in [-0.1, -0.05) is 41.4 Å². The van der Waals surface area contributed by atoms with Crippen molar-refractivity contribution in [2.75, 3.05) is 0 Å². The molecule has 2 N–H and O–H groups in total. The van der Waals surface area contributed by atoms with Crippen LogP contribution in [0.25, 0.3) is 16.8 Å². The van der Waals surface area contributed by atoms with Crippen LogP contribution in [0.15, 0.2) is 54.7 Å². The van der Waals surface area contributed by atoms with Crippen LogP contribution in [-0.2, 0) is 0 Å². The molecule has 0 unspecified atom stereocenters. The van der Waals surface area contributed by atoms with E-state index < -0.39 is 11.7 Å². The lowest BCUT2D eigenvalue weighted by atomic mass is 9.99. The zero-order valence-corrected chi connectivity index (χ0v) is 18.1. The first-order chi connectivity index (χ1) is 15.4. The number of hydrogen-bond acceptors (Lipinski definition) is 4. The number of aromatic carboxylic acids is 1. The standard InChI is InChI=1S/C24H16Cl2N2O4/c25-16-4-1-3-14(12-6-7-12)19(16)22(30)23-27-20(21-17(26)5-2-10-28(21)23)13-8-9-15(24(31)32)18(29)11-13/h1-5,8-12,29H,6-7H2,(H,31,32). The van der Waals surface area contributed by atoms with Crippen LogP contribution < -0.4 is 0 Å². The number of phenols is 1. The fourth-order valence-electron chi connectivity index (χ4n) is 3.95. The molecule has 0 amide bonds. The smallest absolute Gasteiger partial charge is 0.339 e. The maximum absolute atomic E-state index is 13.7. The van der Waals surface area contributed by atoms with E-state index in [1.807, 2.05) is 12.1 Å². The van der Waals surface area contributed by atoms with Crippen molar-refractivity contribution < 1.29 is 19.8 Å². The third-order valence-electron chi connectivity index (χ3n) is 5.61. The molecule has 0 aliphatic heterocycles. The molecule has 1 aliphatic rings. The summed E-state index contributed by atoms with van der Waals surface area (Å²) in [6, 6.07) is 12.9. The molecule has 6 nitrogen and oxygen atoms in total. The molecule has 1 fully saturated rings. The van der Waals surface area contributed by atoms with Crippen LogP contribution in [0, 0.1) is 0 Å². The second-order valence-corrected chi connectivity index (χ2v) is 8.52. The number of carboxylic acid groups (broad SMARTS) is 1. The summed E-state index contributed by atoms with van der Waals surface area (Å²) in [6.07, 6.45) is 3.70. The van der Waals surface area contributed by atoms with Crippen molar-refractivity contribution in [3.8, 4) is 17.0 Å². The van der Waals surface area contributed by atoms with Crippen molar-refractivity contribution in [3.63, 3.8) is 0 Å². The molecular formula is C24H16Cl2N2O4. The Morgan fingerprint density at radius 3 is 2.47 bits per heavy atom. The first-order valence-corrected chi connectivity index (χ1v) is 10.7. The lowest BCUT2D eigenvalue weighted by Crippen LogP contribution is -2.10. The van der Waals surface area contributed by atoms with E-state index in [-0.39, 0.29) is 17.2 Å². The number of aromatic hydroxyl groups is 1. The fourth-order valence-corrected chi connectivity index (χ4v) is 4.47. The highest BCUT2D eigenvalue weighted by atomic mass is 35.5. The number of halogens is 2. The first kappa shape index (κ1) is 20.5.